The Labute approximate surface area is 144 Å². The number of carbonyl (C=O) groups is 2. The van der Waals surface area contributed by atoms with Gasteiger partial charge in [-0.15, -0.1) is 0 Å². The molecule has 2 N–H and O–H groups in total. The number of aryl methyl sites for hydroxylation is 1. The van der Waals surface area contributed by atoms with Crippen molar-refractivity contribution >= 4 is 17.6 Å². The Balaban J connectivity index is 1.90. The Kier molecular flexibility index (Phi) is 6.37. The summed E-state index contributed by atoms with van der Waals surface area (Å²) in [6.45, 7) is 8.41. The first-order valence-electron chi connectivity index (χ1n) is 8.81. The van der Waals surface area contributed by atoms with Gasteiger partial charge in [0.25, 0.3) is 0 Å². The van der Waals surface area contributed by atoms with Crippen LogP contribution in [0.5, 0.6) is 0 Å². The Bertz CT molecular complexity index is 592. The molecule has 0 heterocycles. The van der Waals surface area contributed by atoms with Gasteiger partial charge in [0, 0.05) is 17.8 Å². The van der Waals surface area contributed by atoms with E-state index in [2.05, 4.69) is 29.4 Å². The minimum absolute atomic E-state index is 0.251. The van der Waals surface area contributed by atoms with E-state index < -0.39 is 6.03 Å². The summed E-state index contributed by atoms with van der Waals surface area (Å²) >= 11 is 0. The molecule has 1 fully saturated rings. The fourth-order valence-corrected chi connectivity index (χ4v) is 3.34. The SMILES string of the molecule is Cc1cccc(NC(=O)NC(=O)CN(C(C)C)C2CCCC2)c1C. The van der Waals surface area contributed by atoms with E-state index in [-0.39, 0.29) is 12.5 Å². The summed E-state index contributed by atoms with van der Waals surface area (Å²) in [5, 5.41) is 5.22. The van der Waals surface area contributed by atoms with Crippen LogP contribution in [0.4, 0.5) is 10.5 Å². The Hall–Kier alpha value is -1.88. The maximum atomic E-state index is 12.3. The molecule has 0 radical (unpaired) electrons. The summed E-state index contributed by atoms with van der Waals surface area (Å²) in [4.78, 5) is 26.6. The topological polar surface area (TPSA) is 61.4 Å². The van der Waals surface area contributed by atoms with E-state index in [1.54, 1.807) is 0 Å². The first kappa shape index (κ1) is 18.5. The number of imide groups is 1. The highest BCUT2D eigenvalue weighted by molar-refractivity contribution is 6.02. The first-order chi connectivity index (χ1) is 11.4. The lowest BCUT2D eigenvalue weighted by molar-refractivity contribution is -0.122. The number of nitrogens with zero attached hydrogens (tertiary/aromatic N) is 1. The van der Waals surface area contributed by atoms with Gasteiger partial charge in [-0.3, -0.25) is 15.0 Å². The molecule has 0 atom stereocenters. The molecule has 1 aromatic carbocycles. The Morgan fingerprint density at radius 1 is 1.21 bits per heavy atom. The summed E-state index contributed by atoms with van der Waals surface area (Å²) in [5.41, 5.74) is 2.85. The Morgan fingerprint density at radius 2 is 1.88 bits per heavy atom. The van der Waals surface area contributed by atoms with E-state index in [4.69, 9.17) is 0 Å². The molecule has 0 unspecified atom stereocenters. The highest BCUT2D eigenvalue weighted by Gasteiger charge is 2.26. The maximum absolute atomic E-state index is 12.3. The zero-order valence-corrected chi connectivity index (χ0v) is 15.2. The predicted molar refractivity (Wildman–Crippen MR) is 97.2 cm³/mol. The normalized spacial score (nSPS) is 15.1. The van der Waals surface area contributed by atoms with Crippen LogP contribution in [0.2, 0.25) is 0 Å². The third-order valence-corrected chi connectivity index (χ3v) is 4.89. The lowest BCUT2D eigenvalue weighted by atomic mass is 10.1. The van der Waals surface area contributed by atoms with Crippen LogP contribution in [-0.4, -0.2) is 35.5 Å². The van der Waals surface area contributed by atoms with E-state index in [0.29, 0.717) is 12.1 Å². The molecule has 5 heteroatoms. The van der Waals surface area contributed by atoms with Crippen molar-refractivity contribution < 1.29 is 9.59 Å². The molecule has 132 valence electrons. The lowest BCUT2D eigenvalue weighted by Crippen LogP contribution is -2.47. The van der Waals surface area contributed by atoms with Crippen LogP contribution >= 0.6 is 0 Å². The smallest absolute Gasteiger partial charge is 0.307 e. The first-order valence-corrected chi connectivity index (χ1v) is 8.81. The number of urea groups is 1. The molecule has 2 rings (SSSR count). The fourth-order valence-electron chi connectivity index (χ4n) is 3.34. The van der Waals surface area contributed by atoms with Gasteiger partial charge in [0.05, 0.1) is 6.54 Å². The molecule has 1 aromatic rings. The zero-order valence-electron chi connectivity index (χ0n) is 15.2. The van der Waals surface area contributed by atoms with Gasteiger partial charge in [0.2, 0.25) is 5.91 Å². The summed E-state index contributed by atoms with van der Waals surface area (Å²) in [6, 6.07) is 6.00. The number of hydrogen-bond donors (Lipinski definition) is 2. The van der Waals surface area contributed by atoms with Crippen LogP contribution in [0.1, 0.15) is 50.7 Å². The molecule has 0 aliphatic heterocycles. The zero-order chi connectivity index (χ0) is 17.7. The van der Waals surface area contributed by atoms with Crippen molar-refractivity contribution in [2.24, 2.45) is 0 Å². The molecule has 0 bridgehead atoms. The van der Waals surface area contributed by atoms with Crippen molar-refractivity contribution in [3.05, 3.63) is 29.3 Å². The van der Waals surface area contributed by atoms with Gasteiger partial charge in [-0.25, -0.2) is 4.79 Å². The molecule has 1 aliphatic rings. The molecular weight excluding hydrogens is 302 g/mol. The summed E-state index contributed by atoms with van der Waals surface area (Å²) in [7, 11) is 0. The number of carbonyl (C=O) groups excluding carboxylic acids is 2. The molecule has 0 aromatic heterocycles. The highest BCUT2D eigenvalue weighted by atomic mass is 16.2. The number of benzene rings is 1. The van der Waals surface area contributed by atoms with Crippen LogP contribution in [-0.2, 0) is 4.79 Å². The van der Waals surface area contributed by atoms with Crippen molar-refractivity contribution in [3.63, 3.8) is 0 Å². The molecule has 5 nitrogen and oxygen atoms in total. The van der Waals surface area contributed by atoms with Gasteiger partial charge in [0.15, 0.2) is 0 Å². The fraction of sp³-hybridized carbons (Fsp3) is 0.579. The summed E-state index contributed by atoms with van der Waals surface area (Å²) in [6.07, 6.45) is 4.73. The molecular formula is C19H29N3O2. The van der Waals surface area contributed by atoms with Crippen LogP contribution in [0.25, 0.3) is 0 Å². The predicted octanol–water partition coefficient (Wildman–Crippen LogP) is 3.60. The van der Waals surface area contributed by atoms with Crippen molar-refractivity contribution in [2.45, 2.75) is 65.5 Å². The van der Waals surface area contributed by atoms with Crippen LogP contribution in [0, 0.1) is 13.8 Å². The van der Waals surface area contributed by atoms with Gasteiger partial charge in [-0.1, -0.05) is 25.0 Å². The number of nitrogens with one attached hydrogen (secondary N) is 2. The van der Waals surface area contributed by atoms with Crippen molar-refractivity contribution in [3.8, 4) is 0 Å². The van der Waals surface area contributed by atoms with Gasteiger partial charge in [-0.05, 0) is 57.7 Å². The molecule has 24 heavy (non-hydrogen) atoms. The number of anilines is 1. The van der Waals surface area contributed by atoms with Crippen LogP contribution in [0.15, 0.2) is 18.2 Å². The number of rotatable bonds is 5. The standard InChI is InChI=1S/C19H29N3O2/c1-13(2)22(16-9-5-6-10-16)12-18(23)21-19(24)20-17-11-7-8-14(3)15(17)4/h7-8,11,13,16H,5-6,9-10,12H2,1-4H3,(H2,20,21,23,24). The average Bonchev–Trinajstić information content (AvgIpc) is 3.03. The van der Waals surface area contributed by atoms with Crippen molar-refractivity contribution in [2.75, 3.05) is 11.9 Å². The van der Waals surface area contributed by atoms with E-state index in [0.717, 1.165) is 29.7 Å². The second kappa shape index (κ2) is 8.29. The molecule has 0 spiro atoms. The summed E-state index contributed by atoms with van der Waals surface area (Å²) in [5.74, 6) is -0.251. The van der Waals surface area contributed by atoms with Crippen molar-refractivity contribution in [1.29, 1.82) is 0 Å². The molecule has 1 aliphatic carbocycles. The average molecular weight is 331 g/mol. The largest absolute Gasteiger partial charge is 0.325 e. The van der Waals surface area contributed by atoms with Gasteiger partial charge in [0.1, 0.15) is 0 Å². The van der Waals surface area contributed by atoms with E-state index in [1.807, 2.05) is 32.0 Å². The van der Waals surface area contributed by atoms with Crippen LogP contribution in [0.3, 0.4) is 0 Å². The maximum Gasteiger partial charge on any atom is 0.325 e. The van der Waals surface area contributed by atoms with Crippen molar-refractivity contribution in [1.82, 2.24) is 10.2 Å². The number of amides is 3. The Morgan fingerprint density at radius 3 is 2.50 bits per heavy atom. The minimum atomic E-state index is -0.469. The third kappa shape index (κ3) is 4.81. The van der Waals surface area contributed by atoms with E-state index in [1.165, 1.54) is 12.8 Å². The molecule has 3 amide bonds. The second-order valence-corrected chi connectivity index (χ2v) is 6.95. The van der Waals surface area contributed by atoms with Crippen LogP contribution < -0.4 is 10.6 Å². The quantitative estimate of drug-likeness (QED) is 0.866. The summed E-state index contributed by atoms with van der Waals surface area (Å²) < 4.78 is 0. The monoisotopic (exact) mass is 331 g/mol. The molecule has 1 saturated carbocycles. The van der Waals surface area contributed by atoms with Gasteiger partial charge < -0.3 is 5.32 Å². The highest BCUT2D eigenvalue weighted by Crippen LogP contribution is 2.24. The second-order valence-electron chi connectivity index (χ2n) is 6.95. The van der Waals surface area contributed by atoms with E-state index in [9.17, 15) is 9.59 Å². The minimum Gasteiger partial charge on any atom is -0.307 e. The van der Waals surface area contributed by atoms with Gasteiger partial charge >= 0.3 is 6.03 Å². The molecule has 0 saturated heterocycles. The third-order valence-electron chi connectivity index (χ3n) is 4.89. The lowest BCUT2D eigenvalue weighted by Gasteiger charge is -2.31. The van der Waals surface area contributed by atoms with Gasteiger partial charge in [-0.2, -0.15) is 0 Å². The number of hydrogen-bond acceptors (Lipinski definition) is 3. The van der Waals surface area contributed by atoms with E-state index >= 15 is 0 Å².